The first kappa shape index (κ1) is 23.7. The molecule has 8 nitrogen and oxygen atoms in total. The summed E-state index contributed by atoms with van der Waals surface area (Å²) in [6.45, 7) is 1.38. The first-order valence-electron chi connectivity index (χ1n) is 10.3. The predicted molar refractivity (Wildman–Crippen MR) is 120 cm³/mol. The van der Waals surface area contributed by atoms with Crippen LogP contribution in [0, 0.1) is 0 Å². The van der Waals surface area contributed by atoms with Crippen LogP contribution in [0.2, 0.25) is 0 Å². The predicted octanol–water partition coefficient (Wildman–Crippen LogP) is 4.63. The standard InChI is InChI=1S/C24H19F3N4O4/c1-14(22(32)29-19-10-4-9-18-17(19)8-5-11-28-18)35-23(33)21-20(34-2)13-31(30-21)16-7-3-6-15(12-16)24(25,26)27/h3-14H,1-2H3,(H,29,32). The normalized spacial score (nSPS) is 12.3. The van der Waals surface area contributed by atoms with E-state index in [0.29, 0.717) is 16.6 Å². The summed E-state index contributed by atoms with van der Waals surface area (Å²) in [6, 6.07) is 13.2. The average Bonchev–Trinajstić information content (AvgIpc) is 3.28. The van der Waals surface area contributed by atoms with E-state index >= 15 is 0 Å². The summed E-state index contributed by atoms with van der Waals surface area (Å²) in [5.74, 6) is -1.60. The molecule has 35 heavy (non-hydrogen) atoms. The first-order valence-corrected chi connectivity index (χ1v) is 10.3. The van der Waals surface area contributed by atoms with Crippen molar-refractivity contribution in [3.05, 3.63) is 78.2 Å². The number of methoxy groups -OCH3 is 1. The minimum Gasteiger partial charge on any atom is -0.493 e. The molecule has 4 aromatic rings. The van der Waals surface area contributed by atoms with Gasteiger partial charge in [-0.2, -0.15) is 18.3 Å². The summed E-state index contributed by atoms with van der Waals surface area (Å²) in [7, 11) is 1.27. The van der Waals surface area contributed by atoms with Gasteiger partial charge < -0.3 is 14.8 Å². The van der Waals surface area contributed by atoms with Crippen LogP contribution in [0.1, 0.15) is 23.0 Å². The number of benzene rings is 2. The fourth-order valence-electron chi connectivity index (χ4n) is 3.32. The van der Waals surface area contributed by atoms with E-state index in [1.54, 1.807) is 36.5 Å². The number of ether oxygens (including phenoxy) is 2. The monoisotopic (exact) mass is 484 g/mol. The number of fused-ring (bicyclic) bond motifs is 1. The van der Waals surface area contributed by atoms with Gasteiger partial charge >= 0.3 is 12.1 Å². The summed E-state index contributed by atoms with van der Waals surface area (Å²) in [6.07, 6.45) is -2.87. The number of halogens is 3. The van der Waals surface area contributed by atoms with Gasteiger partial charge in [-0.05, 0) is 49.4 Å². The van der Waals surface area contributed by atoms with Gasteiger partial charge in [-0.15, -0.1) is 0 Å². The lowest BCUT2D eigenvalue weighted by Crippen LogP contribution is -2.30. The summed E-state index contributed by atoms with van der Waals surface area (Å²) in [5.41, 5.74) is 0.0729. The third kappa shape index (κ3) is 5.08. The van der Waals surface area contributed by atoms with Gasteiger partial charge in [-0.25, -0.2) is 9.48 Å². The third-order valence-corrected chi connectivity index (χ3v) is 5.09. The molecule has 0 aliphatic rings. The number of esters is 1. The maximum Gasteiger partial charge on any atom is 0.416 e. The number of hydrogen-bond donors (Lipinski definition) is 1. The van der Waals surface area contributed by atoms with Crippen molar-refractivity contribution < 1.29 is 32.2 Å². The summed E-state index contributed by atoms with van der Waals surface area (Å²) in [4.78, 5) is 29.6. The number of carbonyl (C=O) groups is 2. The summed E-state index contributed by atoms with van der Waals surface area (Å²) >= 11 is 0. The minimum absolute atomic E-state index is 0.0276. The Morgan fingerprint density at radius 2 is 1.86 bits per heavy atom. The van der Waals surface area contributed by atoms with Crippen LogP contribution in [-0.4, -0.2) is 39.9 Å². The molecule has 1 N–H and O–H groups in total. The van der Waals surface area contributed by atoms with Gasteiger partial charge in [-0.1, -0.05) is 12.1 Å². The topological polar surface area (TPSA) is 95.3 Å². The number of pyridine rings is 1. The lowest BCUT2D eigenvalue weighted by atomic mass is 10.2. The molecule has 2 aromatic carbocycles. The molecule has 0 radical (unpaired) electrons. The fraction of sp³-hybridized carbons (Fsp3) is 0.167. The number of nitrogens with one attached hydrogen (secondary N) is 1. The largest absolute Gasteiger partial charge is 0.493 e. The molecule has 11 heteroatoms. The van der Waals surface area contributed by atoms with Crippen molar-refractivity contribution in [2.75, 3.05) is 12.4 Å². The van der Waals surface area contributed by atoms with Gasteiger partial charge in [0.1, 0.15) is 0 Å². The third-order valence-electron chi connectivity index (χ3n) is 5.09. The van der Waals surface area contributed by atoms with E-state index in [1.165, 1.54) is 32.4 Å². The minimum atomic E-state index is -4.54. The van der Waals surface area contributed by atoms with Gasteiger partial charge in [0.15, 0.2) is 11.9 Å². The highest BCUT2D eigenvalue weighted by Crippen LogP contribution is 2.31. The molecule has 0 spiro atoms. The molecule has 0 bridgehead atoms. The molecule has 1 atom stereocenters. The fourth-order valence-corrected chi connectivity index (χ4v) is 3.32. The van der Waals surface area contributed by atoms with Gasteiger partial charge in [0.2, 0.25) is 5.69 Å². The second kappa shape index (κ2) is 9.45. The summed E-state index contributed by atoms with van der Waals surface area (Å²) in [5, 5.41) is 7.43. The molecule has 0 aliphatic carbocycles. The van der Waals surface area contributed by atoms with Crippen LogP contribution in [-0.2, 0) is 15.7 Å². The van der Waals surface area contributed by atoms with Crippen molar-refractivity contribution in [1.29, 1.82) is 0 Å². The van der Waals surface area contributed by atoms with Crippen LogP contribution < -0.4 is 10.1 Å². The van der Waals surface area contributed by atoms with E-state index in [9.17, 15) is 22.8 Å². The molecule has 2 heterocycles. The molecule has 0 saturated carbocycles. The zero-order valence-electron chi connectivity index (χ0n) is 18.5. The second-order valence-electron chi connectivity index (χ2n) is 7.45. The Balaban J connectivity index is 1.51. The number of hydrogen-bond acceptors (Lipinski definition) is 6. The van der Waals surface area contributed by atoms with E-state index < -0.39 is 29.7 Å². The van der Waals surface area contributed by atoms with Gasteiger partial charge in [-0.3, -0.25) is 9.78 Å². The highest BCUT2D eigenvalue weighted by molar-refractivity contribution is 6.03. The van der Waals surface area contributed by atoms with Crippen molar-refractivity contribution in [3.63, 3.8) is 0 Å². The number of nitrogens with zero attached hydrogens (tertiary/aromatic N) is 3. The van der Waals surface area contributed by atoms with E-state index in [4.69, 9.17) is 9.47 Å². The molecule has 0 aliphatic heterocycles. The van der Waals surface area contributed by atoms with E-state index in [1.807, 2.05) is 0 Å². The van der Waals surface area contributed by atoms with Crippen molar-refractivity contribution in [1.82, 2.24) is 14.8 Å². The van der Waals surface area contributed by atoms with Crippen molar-refractivity contribution >= 4 is 28.5 Å². The van der Waals surface area contributed by atoms with E-state index in [0.717, 1.165) is 16.8 Å². The highest BCUT2D eigenvalue weighted by Gasteiger charge is 2.31. The molecule has 0 saturated heterocycles. The Kier molecular flexibility index (Phi) is 6.41. The smallest absolute Gasteiger partial charge is 0.416 e. The number of carbonyl (C=O) groups excluding carboxylic acids is 2. The Morgan fingerprint density at radius 1 is 1.09 bits per heavy atom. The van der Waals surface area contributed by atoms with Gasteiger partial charge in [0.05, 0.1) is 35.8 Å². The number of aromatic nitrogens is 3. The molecule has 2 aromatic heterocycles. The average molecular weight is 484 g/mol. The lowest BCUT2D eigenvalue weighted by molar-refractivity contribution is -0.137. The lowest BCUT2D eigenvalue weighted by Gasteiger charge is -2.14. The maximum atomic E-state index is 13.1. The molecule has 180 valence electrons. The van der Waals surface area contributed by atoms with Crippen LogP contribution in [0.25, 0.3) is 16.6 Å². The van der Waals surface area contributed by atoms with Gasteiger partial charge in [0.25, 0.3) is 5.91 Å². The molecular formula is C24H19F3N4O4. The first-order chi connectivity index (χ1) is 16.7. The van der Waals surface area contributed by atoms with Crippen molar-refractivity contribution in [2.45, 2.75) is 19.2 Å². The zero-order valence-corrected chi connectivity index (χ0v) is 18.5. The Morgan fingerprint density at radius 3 is 2.60 bits per heavy atom. The van der Waals surface area contributed by atoms with Crippen molar-refractivity contribution in [3.8, 4) is 11.4 Å². The molecule has 1 unspecified atom stereocenters. The molecule has 4 rings (SSSR count). The number of alkyl halides is 3. The Labute approximate surface area is 197 Å². The number of rotatable bonds is 6. The second-order valence-corrected chi connectivity index (χ2v) is 7.45. The van der Waals surface area contributed by atoms with E-state index in [2.05, 4.69) is 15.4 Å². The van der Waals surface area contributed by atoms with E-state index in [-0.39, 0.29) is 17.1 Å². The quantitative estimate of drug-likeness (QED) is 0.401. The zero-order chi connectivity index (χ0) is 25.2. The molecule has 1 amide bonds. The molecular weight excluding hydrogens is 465 g/mol. The number of amides is 1. The van der Waals surface area contributed by atoms with Crippen LogP contribution in [0.5, 0.6) is 5.75 Å². The van der Waals surface area contributed by atoms with Crippen LogP contribution in [0.15, 0.2) is 67.0 Å². The van der Waals surface area contributed by atoms with Gasteiger partial charge in [0, 0.05) is 11.6 Å². The van der Waals surface area contributed by atoms with Crippen LogP contribution >= 0.6 is 0 Å². The highest BCUT2D eigenvalue weighted by atomic mass is 19.4. The number of anilines is 1. The van der Waals surface area contributed by atoms with Crippen molar-refractivity contribution in [2.24, 2.45) is 0 Å². The molecule has 0 fully saturated rings. The maximum absolute atomic E-state index is 13.1. The Bertz CT molecular complexity index is 1400. The van der Waals surface area contributed by atoms with Crippen LogP contribution in [0.4, 0.5) is 18.9 Å². The van der Waals surface area contributed by atoms with Crippen LogP contribution in [0.3, 0.4) is 0 Å². The summed E-state index contributed by atoms with van der Waals surface area (Å²) < 4.78 is 50.6. The SMILES string of the molecule is COc1cn(-c2cccc(C(F)(F)F)c2)nc1C(=O)OC(C)C(=O)Nc1cccc2ncccc12. The Hall–Kier alpha value is -4.41.